The number of hydrogen-bond donors (Lipinski definition) is 2. The summed E-state index contributed by atoms with van der Waals surface area (Å²) in [6.07, 6.45) is 1.78. The van der Waals surface area contributed by atoms with Gasteiger partial charge in [0, 0.05) is 19.7 Å². The number of carbonyl (C=O) groups is 1. The minimum Gasteiger partial charge on any atom is -0.380 e. The molecule has 1 aromatic carbocycles. The molecular formula is C13H17N5O2. The summed E-state index contributed by atoms with van der Waals surface area (Å²) in [4.78, 5) is 11.1. The largest absolute Gasteiger partial charge is 0.380 e. The lowest BCUT2D eigenvalue weighted by molar-refractivity contribution is 0.184. The number of benzene rings is 1. The summed E-state index contributed by atoms with van der Waals surface area (Å²) in [6, 6.07) is 7.54. The minimum absolute atomic E-state index is 0.251. The van der Waals surface area contributed by atoms with Crippen LogP contribution >= 0.6 is 0 Å². The molecule has 2 aromatic rings. The van der Waals surface area contributed by atoms with Crippen LogP contribution in [0.25, 0.3) is 5.69 Å². The van der Waals surface area contributed by atoms with E-state index in [9.17, 15) is 4.79 Å². The Morgan fingerprint density at radius 1 is 1.40 bits per heavy atom. The number of aromatic nitrogens is 3. The van der Waals surface area contributed by atoms with E-state index in [0.717, 1.165) is 11.3 Å². The van der Waals surface area contributed by atoms with E-state index in [-0.39, 0.29) is 6.03 Å². The first-order valence-corrected chi connectivity index (χ1v) is 6.18. The molecule has 7 nitrogen and oxygen atoms in total. The van der Waals surface area contributed by atoms with Crippen molar-refractivity contribution in [2.75, 3.05) is 14.2 Å². The van der Waals surface area contributed by atoms with Crippen molar-refractivity contribution in [3.63, 3.8) is 0 Å². The van der Waals surface area contributed by atoms with Gasteiger partial charge in [0.15, 0.2) is 0 Å². The van der Waals surface area contributed by atoms with Crippen LogP contribution in [0.4, 0.5) is 4.79 Å². The Morgan fingerprint density at radius 2 is 2.20 bits per heavy atom. The lowest BCUT2D eigenvalue weighted by Crippen LogP contribution is -2.32. The van der Waals surface area contributed by atoms with Crippen molar-refractivity contribution in [2.24, 2.45) is 0 Å². The molecular weight excluding hydrogens is 258 g/mol. The Bertz CT molecular complexity index is 582. The molecule has 20 heavy (non-hydrogen) atoms. The first-order valence-electron chi connectivity index (χ1n) is 6.18. The van der Waals surface area contributed by atoms with Crippen LogP contribution in [0.1, 0.15) is 11.3 Å². The molecule has 2 rings (SSSR count). The lowest BCUT2D eigenvalue weighted by atomic mass is 10.2. The highest BCUT2D eigenvalue weighted by atomic mass is 16.5. The number of carbonyl (C=O) groups excluding carboxylic acids is 1. The van der Waals surface area contributed by atoms with Gasteiger partial charge in [-0.05, 0) is 6.07 Å². The van der Waals surface area contributed by atoms with Gasteiger partial charge < -0.3 is 15.4 Å². The van der Waals surface area contributed by atoms with Gasteiger partial charge in [-0.1, -0.05) is 23.4 Å². The van der Waals surface area contributed by atoms with Crippen molar-refractivity contribution in [3.8, 4) is 5.69 Å². The molecule has 0 fully saturated rings. The molecule has 0 saturated carbocycles. The van der Waals surface area contributed by atoms with Crippen molar-refractivity contribution < 1.29 is 9.53 Å². The number of para-hydroxylation sites is 1. The molecule has 0 saturated heterocycles. The third kappa shape index (κ3) is 3.33. The van der Waals surface area contributed by atoms with E-state index in [0.29, 0.717) is 18.8 Å². The maximum Gasteiger partial charge on any atom is 0.314 e. The molecule has 0 atom stereocenters. The number of methoxy groups -OCH3 is 1. The first kappa shape index (κ1) is 14.0. The van der Waals surface area contributed by atoms with Gasteiger partial charge in [-0.3, -0.25) is 0 Å². The third-order valence-corrected chi connectivity index (χ3v) is 2.74. The number of rotatable bonds is 5. The molecule has 2 N–H and O–H groups in total. The first-order chi connectivity index (χ1) is 9.74. The molecule has 2 amide bonds. The topological polar surface area (TPSA) is 81.1 Å². The summed E-state index contributed by atoms with van der Waals surface area (Å²) in [5, 5.41) is 13.2. The van der Waals surface area contributed by atoms with E-state index < -0.39 is 0 Å². The van der Waals surface area contributed by atoms with E-state index >= 15 is 0 Å². The van der Waals surface area contributed by atoms with Gasteiger partial charge in [0.25, 0.3) is 0 Å². The van der Waals surface area contributed by atoms with Gasteiger partial charge in [0.05, 0.1) is 25.0 Å². The Balaban J connectivity index is 2.14. The van der Waals surface area contributed by atoms with Crippen LogP contribution < -0.4 is 10.6 Å². The quantitative estimate of drug-likeness (QED) is 0.847. The Kier molecular flexibility index (Phi) is 4.67. The van der Waals surface area contributed by atoms with Crippen molar-refractivity contribution in [3.05, 3.63) is 41.7 Å². The smallest absolute Gasteiger partial charge is 0.314 e. The zero-order chi connectivity index (χ0) is 14.4. The SMILES string of the molecule is CNC(=O)NCc1cn(-c2ccccc2COC)nn1. The second-order valence-electron chi connectivity index (χ2n) is 4.15. The van der Waals surface area contributed by atoms with Crippen molar-refractivity contribution >= 4 is 6.03 Å². The number of amides is 2. The summed E-state index contributed by atoms with van der Waals surface area (Å²) in [5.41, 5.74) is 2.61. The Morgan fingerprint density at radius 3 is 2.95 bits per heavy atom. The van der Waals surface area contributed by atoms with Crippen LogP contribution in [0.2, 0.25) is 0 Å². The predicted octanol–water partition coefficient (Wildman–Crippen LogP) is 0.843. The van der Waals surface area contributed by atoms with Crippen LogP contribution in [0.5, 0.6) is 0 Å². The number of nitrogens with zero attached hydrogens (tertiary/aromatic N) is 3. The molecule has 0 spiro atoms. The van der Waals surface area contributed by atoms with Crippen LogP contribution in [-0.4, -0.2) is 35.2 Å². The predicted molar refractivity (Wildman–Crippen MR) is 73.4 cm³/mol. The maximum absolute atomic E-state index is 11.1. The molecule has 0 unspecified atom stereocenters. The van der Waals surface area contributed by atoms with Crippen molar-refractivity contribution in [1.82, 2.24) is 25.6 Å². The summed E-state index contributed by atoms with van der Waals surface area (Å²) < 4.78 is 6.84. The van der Waals surface area contributed by atoms with E-state index in [1.807, 2.05) is 24.3 Å². The van der Waals surface area contributed by atoms with E-state index in [1.165, 1.54) is 0 Å². The minimum atomic E-state index is -0.251. The number of urea groups is 1. The maximum atomic E-state index is 11.1. The van der Waals surface area contributed by atoms with Crippen LogP contribution in [0.3, 0.4) is 0 Å². The number of ether oxygens (including phenoxy) is 1. The summed E-state index contributed by atoms with van der Waals surface area (Å²) in [7, 11) is 3.21. The van der Waals surface area contributed by atoms with Gasteiger partial charge in [0.2, 0.25) is 0 Å². The van der Waals surface area contributed by atoms with Gasteiger partial charge in [-0.15, -0.1) is 5.10 Å². The lowest BCUT2D eigenvalue weighted by Gasteiger charge is -2.07. The number of nitrogens with one attached hydrogen (secondary N) is 2. The van der Waals surface area contributed by atoms with Crippen molar-refractivity contribution in [1.29, 1.82) is 0 Å². The Labute approximate surface area is 116 Å². The average molecular weight is 275 g/mol. The molecule has 0 radical (unpaired) electrons. The molecule has 106 valence electrons. The van der Waals surface area contributed by atoms with Crippen LogP contribution in [-0.2, 0) is 17.9 Å². The molecule has 7 heteroatoms. The van der Waals surface area contributed by atoms with Gasteiger partial charge in [0.1, 0.15) is 5.69 Å². The van der Waals surface area contributed by atoms with E-state index in [4.69, 9.17) is 4.74 Å². The highest BCUT2D eigenvalue weighted by Gasteiger charge is 2.07. The monoisotopic (exact) mass is 275 g/mol. The van der Waals surface area contributed by atoms with Gasteiger partial charge in [-0.25, -0.2) is 9.48 Å². The normalized spacial score (nSPS) is 10.3. The summed E-state index contributed by atoms with van der Waals surface area (Å²) in [6.45, 7) is 0.827. The Hall–Kier alpha value is -2.41. The van der Waals surface area contributed by atoms with Crippen LogP contribution in [0, 0.1) is 0 Å². The highest BCUT2D eigenvalue weighted by molar-refractivity contribution is 5.73. The fraction of sp³-hybridized carbons (Fsp3) is 0.308. The van der Waals surface area contributed by atoms with Crippen molar-refractivity contribution in [2.45, 2.75) is 13.2 Å². The highest BCUT2D eigenvalue weighted by Crippen LogP contribution is 2.14. The fourth-order valence-corrected chi connectivity index (χ4v) is 1.77. The standard InChI is InChI=1S/C13H17N5O2/c1-14-13(19)15-7-11-8-18(17-16-11)12-6-4-3-5-10(12)9-20-2/h3-6,8H,7,9H2,1-2H3,(H2,14,15,19). The van der Waals surface area contributed by atoms with Gasteiger partial charge in [-0.2, -0.15) is 0 Å². The molecule has 0 aliphatic rings. The average Bonchev–Trinajstić information content (AvgIpc) is 2.94. The molecule has 0 aliphatic carbocycles. The van der Waals surface area contributed by atoms with Crippen LogP contribution in [0.15, 0.2) is 30.5 Å². The fourth-order valence-electron chi connectivity index (χ4n) is 1.77. The number of hydrogen-bond acceptors (Lipinski definition) is 4. The summed E-state index contributed by atoms with van der Waals surface area (Å²) >= 11 is 0. The van der Waals surface area contributed by atoms with Gasteiger partial charge >= 0.3 is 6.03 Å². The zero-order valence-corrected chi connectivity index (χ0v) is 11.5. The van der Waals surface area contributed by atoms with E-state index in [1.54, 1.807) is 25.0 Å². The molecule has 0 aliphatic heterocycles. The zero-order valence-electron chi connectivity index (χ0n) is 11.5. The summed E-state index contributed by atoms with van der Waals surface area (Å²) in [5.74, 6) is 0. The molecule has 1 aromatic heterocycles. The van der Waals surface area contributed by atoms with E-state index in [2.05, 4.69) is 20.9 Å². The third-order valence-electron chi connectivity index (χ3n) is 2.74. The molecule has 1 heterocycles. The second kappa shape index (κ2) is 6.67. The second-order valence-corrected chi connectivity index (χ2v) is 4.15. The molecule has 0 bridgehead atoms.